The third kappa shape index (κ3) is 3.93. The number of ether oxygens (including phenoxy) is 1. The third-order valence-electron chi connectivity index (χ3n) is 2.85. The lowest BCUT2D eigenvalue weighted by Crippen LogP contribution is -2.23. The van der Waals surface area contributed by atoms with Crippen LogP contribution in [0, 0.1) is 6.92 Å². The van der Waals surface area contributed by atoms with E-state index >= 15 is 0 Å². The zero-order valence-electron chi connectivity index (χ0n) is 11.8. The fourth-order valence-corrected chi connectivity index (χ4v) is 2.26. The summed E-state index contributed by atoms with van der Waals surface area (Å²) in [7, 11) is 0. The van der Waals surface area contributed by atoms with E-state index in [1.54, 1.807) is 6.07 Å². The Bertz CT molecular complexity index is 719. The van der Waals surface area contributed by atoms with Crippen molar-refractivity contribution in [1.29, 1.82) is 0 Å². The number of hydrogen-bond donors (Lipinski definition) is 1. The van der Waals surface area contributed by atoms with Crippen LogP contribution >= 0.6 is 35.0 Å². The molecule has 0 atom stereocenters. The van der Waals surface area contributed by atoms with Crippen LogP contribution in [-0.4, -0.2) is 22.9 Å². The second-order valence-electron chi connectivity index (χ2n) is 4.57. The van der Waals surface area contributed by atoms with Crippen LogP contribution in [0.15, 0.2) is 29.1 Å². The molecule has 2 rings (SSSR count). The molecular weight excluding hydrogens is 349 g/mol. The van der Waals surface area contributed by atoms with Crippen molar-refractivity contribution in [3.8, 4) is 11.6 Å². The van der Waals surface area contributed by atoms with Crippen molar-refractivity contribution in [3.05, 3.63) is 50.2 Å². The van der Waals surface area contributed by atoms with Crippen LogP contribution in [0.3, 0.4) is 0 Å². The summed E-state index contributed by atoms with van der Waals surface area (Å²) in [4.78, 5) is 14.7. The molecule has 1 N–H and O–H groups in total. The largest absolute Gasteiger partial charge is 0.475 e. The van der Waals surface area contributed by atoms with Gasteiger partial charge in [0.2, 0.25) is 0 Å². The average molecular weight is 363 g/mol. The van der Waals surface area contributed by atoms with Crippen LogP contribution in [0.2, 0.25) is 10.0 Å². The Morgan fingerprint density at radius 2 is 2.09 bits per heavy atom. The molecule has 0 aliphatic carbocycles. The minimum Gasteiger partial charge on any atom is -0.475 e. The van der Waals surface area contributed by atoms with Crippen molar-refractivity contribution in [1.82, 2.24) is 14.6 Å². The molecule has 2 aromatic rings. The average Bonchev–Trinajstić information content (AvgIpc) is 2.51. The van der Waals surface area contributed by atoms with Crippen LogP contribution in [0.1, 0.15) is 12.0 Å². The lowest BCUT2D eigenvalue weighted by molar-refractivity contribution is 0.294. The highest BCUT2D eigenvalue weighted by atomic mass is 35.5. The van der Waals surface area contributed by atoms with E-state index in [1.165, 1.54) is 4.68 Å². The van der Waals surface area contributed by atoms with Crippen molar-refractivity contribution in [3.63, 3.8) is 0 Å². The lowest BCUT2D eigenvalue weighted by atomic mass is 10.2. The molecule has 0 saturated heterocycles. The first-order valence-corrected chi connectivity index (χ1v) is 7.69. The van der Waals surface area contributed by atoms with E-state index in [-0.39, 0.29) is 15.9 Å². The Morgan fingerprint density at radius 1 is 1.32 bits per heavy atom. The molecule has 0 saturated carbocycles. The summed E-state index contributed by atoms with van der Waals surface area (Å²) >= 11 is 17.4. The normalized spacial score (nSPS) is 10.7. The molecule has 0 aliphatic rings. The summed E-state index contributed by atoms with van der Waals surface area (Å²) in [6.07, 6.45) is 0.655. The molecule has 1 aromatic heterocycles. The van der Waals surface area contributed by atoms with Crippen molar-refractivity contribution in [2.24, 2.45) is 0 Å². The van der Waals surface area contributed by atoms with Gasteiger partial charge in [-0.2, -0.15) is 4.68 Å². The van der Waals surface area contributed by atoms with E-state index in [2.05, 4.69) is 9.93 Å². The van der Waals surface area contributed by atoms with E-state index in [0.717, 1.165) is 5.56 Å². The summed E-state index contributed by atoms with van der Waals surface area (Å²) in [5.41, 5.74) is 1.09. The second kappa shape index (κ2) is 7.83. The maximum Gasteiger partial charge on any atom is 0.292 e. The van der Waals surface area contributed by atoms with Crippen molar-refractivity contribution in [2.45, 2.75) is 13.3 Å². The van der Waals surface area contributed by atoms with Gasteiger partial charge < -0.3 is 4.74 Å². The minimum absolute atomic E-state index is 0.00871. The molecule has 0 spiro atoms. The monoisotopic (exact) mass is 361 g/mol. The Labute approximate surface area is 142 Å². The summed E-state index contributed by atoms with van der Waals surface area (Å²) in [5, 5.41) is 4.04. The number of rotatable bonds is 6. The Morgan fingerprint density at radius 3 is 2.77 bits per heavy atom. The predicted octanol–water partition coefficient (Wildman–Crippen LogP) is 3.36. The Balaban J connectivity index is 2.38. The number of halogens is 3. The van der Waals surface area contributed by atoms with Crippen molar-refractivity contribution < 1.29 is 4.74 Å². The summed E-state index contributed by atoms with van der Waals surface area (Å²) in [6.45, 7) is 2.84. The molecule has 5 nitrogen and oxygen atoms in total. The first-order chi connectivity index (χ1) is 10.5. The standard InChI is InChI=1S/C14H14Cl3N3O2/c1-9-4-2-5-10(8-9)20-14(21)12(16)11(15)13(19-20)22-7-3-6-18-17/h2,4-5,8,18H,3,6-7H2,1H3. The van der Waals surface area contributed by atoms with Gasteiger partial charge in [-0.05, 0) is 42.8 Å². The van der Waals surface area contributed by atoms with Gasteiger partial charge >= 0.3 is 0 Å². The molecule has 0 unspecified atom stereocenters. The minimum atomic E-state index is -0.493. The Hall–Kier alpha value is -1.27. The van der Waals surface area contributed by atoms with E-state index in [9.17, 15) is 4.79 Å². The highest BCUT2D eigenvalue weighted by Gasteiger charge is 2.16. The molecule has 0 fully saturated rings. The highest BCUT2D eigenvalue weighted by Crippen LogP contribution is 2.27. The summed E-state index contributed by atoms with van der Waals surface area (Å²) in [6, 6.07) is 7.32. The van der Waals surface area contributed by atoms with E-state index < -0.39 is 5.56 Å². The zero-order valence-corrected chi connectivity index (χ0v) is 14.0. The lowest BCUT2D eigenvalue weighted by Gasteiger charge is -2.11. The van der Waals surface area contributed by atoms with Gasteiger partial charge in [0, 0.05) is 6.54 Å². The first-order valence-electron chi connectivity index (χ1n) is 6.56. The van der Waals surface area contributed by atoms with Crippen LogP contribution in [0.4, 0.5) is 0 Å². The van der Waals surface area contributed by atoms with Gasteiger partial charge in [-0.3, -0.25) is 4.79 Å². The highest BCUT2D eigenvalue weighted by molar-refractivity contribution is 6.42. The SMILES string of the molecule is Cc1cccc(-n2nc(OCCCNCl)c(Cl)c(Cl)c2=O)c1. The quantitative estimate of drug-likeness (QED) is 0.632. The van der Waals surface area contributed by atoms with E-state index in [4.69, 9.17) is 39.7 Å². The van der Waals surface area contributed by atoms with Gasteiger partial charge in [0.15, 0.2) is 0 Å². The smallest absolute Gasteiger partial charge is 0.292 e. The third-order valence-corrected chi connectivity index (χ3v) is 3.84. The molecule has 0 radical (unpaired) electrons. The Kier molecular flexibility index (Phi) is 6.08. The maximum absolute atomic E-state index is 12.2. The number of nitrogens with one attached hydrogen (secondary N) is 1. The number of benzene rings is 1. The predicted molar refractivity (Wildman–Crippen MR) is 88.6 cm³/mol. The van der Waals surface area contributed by atoms with E-state index in [0.29, 0.717) is 25.3 Å². The second-order valence-corrected chi connectivity index (χ2v) is 5.60. The maximum atomic E-state index is 12.2. The van der Waals surface area contributed by atoms with Gasteiger partial charge in [0.1, 0.15) is 10.0 Å². The van der Waals surface area contributed by atoms with Crippen LogP contribution < -0.4 is 15.1 Å². The molecule has 22 heavy (non-hydrogen) atoms. The molecule has 1 heterocycles. The number of nitrogens with zero attached hydrogens (tertiary/aromatic N) is 2. The number of hydrogen-bond acceptors (Lipinski definition) is 4. The topological polar surface area (TPSA) is 56.1 Å². The van der Waals surface area contributed by atoms with Crippen molar-refractivity contribution in [2.75, 3.05) is 13.2 Å². The summed E-state index contributed by atoms with van der Waals surface area (Å²) in [5.74, 6) is 0.113. The summed E-state index contributed by atoms with van der Waals surface area (Å²) < 4.78 is 6.66. The van der Waals surface area contributed by atoms with Gasteiger partial charge in [0.05, 0.1) is 12.3 Å². The molecule has 0 amide bonds. The van der Waals surface area contributed by atoms with Gasteiger partial charge in [0.25, 0.3) is 11.4 Å². The van der Waals surface area contributed by atoms with Gasteiger partial charge in [-0.1, -0.05) is 35.3 Å². The fraction of sp³-hybridized carbons (Fsp3) is 0.286. The molecular formula is C14H14Cl3N3O2. The van der Waals surface area contributed by atoms with Crippen molar-refractivity contribution >= 4 is 35.0 Å². The van der Waals surface area contributed by atoms with Crippen LogP contribution in [0.5, 0.6) is 5.88 Å². The first kappa shape index (κ1) is 17.1. The molecule has 118 valence electrons. The van der Waals surface area contributed by atoms with Gasteiger partial charge in [-0.15, -0.1) is 5.10 Å². The van der Waals surface area contributed by atoms with E-state index in [1.807, 2.05) is 25.1 Å². The molecule has 0 aliphatic heterocycles. The fourth-order valence-electron chi connectivity index (χ4n) is 1.80. The molecule has 1 aromatic carbocycles. The van der Waals surface area contributed by atoms with Crippen LogP contribution in [-0.2, 0) is 0 Å². The van der Waals surface area contributed by atoms with Gasteiger partial charge in [-0.25, -0.2) is 4.84 Å². The molecule has 8 heteroatoms. The number of aromatic nitrogens is 2. The van der Waals surface area contributed by atoms with Crippen LogP contribution in [0.25, 0.3) is 5.69 Å². The zero-order chi connectivity index (χ0) is 16.1. The molecule has 0 bridgehead atoms. The number of aryl methyl sites for hydroxylation is 1.